The predicted molar refractivity (Wildman–Crippen MR) is 104 cm³/mol. The first-order chi connectivity index (χ1) is 13.2. The summed E-state index contributed by atoms with van der Waals surface area (Å²) in [5, 5.41) is 0. The second kappa shape index (κ2) is 6.76. The molecule has 0 spiro atoms. The normalized spacial score (nSPS) is 16.2. The Labute approximate surface area is 158 Å². The molecule has 2 aliphatic rings. The van der Waals surface area contributed by atoms with Gasteiger partial charge in [-0.2, -0.15) is 0 Å². The number of rotatable bonds is 5. The monoisotopic (exact) mass is 360 g/mol. The number of imide groups is 1. The number of benzene rings is 2. The van der Waals surface area contributed by atoms with Crippen LogP contribution in [0.25, 0.3) is 5.57 Å². The molecule has 0 unspecified atom stereocenters. The van der Waals surface area contributed by atoms with Gasteiger partial charge in [-0.05, 0) is 24.1 Å². The fourth-order valence-electron chi connectivity index (χ4n) is 3.77. The summed E-state index contributed by atoms with van der Waals surface area (Å²) >= 11 is 0. The second-order valence-corrected chi connectivity index (χ2v) is 6.46. The summed E-state index contributed by atoms with van der Waals surface area (Å²) in [5.74, 6) is -0.0413. The van der Waals surface area contributed by atoms with Gasteiger partial charge in [0, 0.05) is 24.3 Å². The number of anilines is 1. The van der Waals surface area contributed by atoms with Gasteiger partial charge in [-0.3, -0.25) is 14.5 Å². The second-order valence-electron chi connectivity index (χ2n) is 6.46. The van der Waals surface area contributed by atoms with Crippen LogP contribution in [0, 0.1) is 0 Å². The van der Waals surface area contributed by atoms with E-state index in [1.54, 1.807) is 19.3 Å². The zero-order chi connectivity index (χ0) is 19.0. The first-order valence-electron chi connectivity index (χ1n) is 8.87. The summed E-state index contributed by atoms with van der Waals surface area (Å²) in [6, 6.07) is 15.3. The van der Waals surface area contributed by atoms with Crippen molar-refractivity contribution in [3.63, 3.8) is 0 Å². The van der Waals surface area contributed by atoms with Crippen LogP contribution in [-0.4, -0.2) is 36.9 Å². The fraction of sp³-hybridized carbons (Fsp3) is 0.182. The number of carbonyl (C=O) groups excluding carboxylic acids is 2. The number of hydrogen-bond acceptors (Lipinski definition) is 4. The number of para-hydroxylation sites is 2. The van der Waals surface area contributed by atoms with Gasteiger partial charge in [-0.25, -0.2) is 0 Å². The zero-order valence-electron chi connectivity index (χ0n) is 15.1. The van der Waals surface area contributed by atoms with E-state index in [1.165, 1.54) is 10.5 Å². The van der Waals surface area contributed by atoms with Crippen molar-refractivity contribution >= 4 is 23.1 Å². The van der Waals surface area contributed by atoms with Gasteiger partial charge in [-0.15, -0.1) is 6.58 Å². The summed E-state index contributed by atoms with van der Waals surface area (Å²) in [6.45, 7) is 4.52. The van der Waals surface area contributed by atoms with Crippen LogP contribution in [-0.2, 0) is 16.0 Å². The molecule has 2 amide bonds. The molecule has 2 aliphatic heterocycles. The van der Waals surface area contributed by atoms with Crippen molar-refractivity contribution in [2.75, 3.05) is 25.1 Å². The molecule has 2 aromatic carbocycles. The molecule has 0 radical (unpaired) electrons. The SMILES string of the molecule is C=CCN1C(=O)C(c2ccccc2OC)=C(N2CCc3ccccc32)C1=O. The average Bonchev–Trinajstić information content (AvgIpc) is 3.22. The van der Waals surface area contributed by atoms with E-state index in [0.717, 1.165) is 12.1 Å². The third kappa shape index (κ3) is 2.63. The minimum Gasteiger partial charge on any atom is -0.496 e. The van der Waals surface area contributed by atoms with Gasteiger partial charge in [0.2, 0.25) is 0 Å². The molecule has 0 N–H and O–H groups in total. The van der Waals surface area contributed by atoms with Crippen LogP contribution in [0.5, 0.6) is 5.75 Å². The lowest BCUT2D eigenvalue weighted by atomic mass is 10.0. The molecule has 2 aromatic rings. The van der Waals surface area contributed by atoms with E-state index in [9.17, 15) is 9.59 Å². The topological polar surface area (TPSA) is 49.9 Å². The van der Waals surface area contributed by atoms with Gasteiger partial charge in [-0.1, -0.05) is 42.5 Å². The summed E-state index contributed by atoms with van der Waals surface area (Å²) in [4.78, 5) is 29.6. The number of nitrogens with zero attached hydrogens (tertiary/aromatic N) is 2. The standard InChI is InChI=1S/C22H20N2O3/c1-3-13-24-21(25)19(16-9-5-7-11-18(16)27-2)20(22(24)26)23-14-12-15-8-4-6-10-17(15)23/h3-11H,1,12-14H2,2H3. The van der Waals surface area contributed by atoms with Gasteiger partial charge in [0.15, 0.2) is 0 Å². The molecule has 0 saturated carbocycles. The first kappa shape index (κ1) is 17.1. The molecule has 0 bridgehead atoms. The van der Waals surface area contributed by atoms with Gasteiger partial charge in [0.1, 0.15) is 11.4 Å². The van der Waals surface area contributed by atoms with Crippen LogP contribution < -0.4 is 9.64 Å². The van der Waals surface area contributed by atoms with Crippen molar-refractivity contribution in [3.8, 4) is 5.75 Å². The maximum absolute atomic E-state index is 13.2. The Hall–Kier alpha value is -3.34. The fourth-order valence-corrected chi connectivity index (χ4v) is 3.77. The van der Waals surface area contributed by atoms with Crippen molar-refractivity contribution in [1.29, 1.82) is 0 Å². The van der Waals surface area contributed by atoms with Crippen LogP contribution in [0.4, 0.5) is 5.69 Å². The third-order valence-corrected chi connectivity index (χ3v) is 4.99. The number of ether oxygens (including phenoxy) is 1. The molecular weight excluding hydrogens is 340 g/mol. The Balaban J connectivity index is 1.93. The minimum atomic E-state index is -0.316. The Morgan fingerprint density at radius 1 is 1.07 bits per heavy atom. The van der Waals surface area contributed by atoms with E-state index < -0.39 is 0 Å². The Morgan fingerprint density at radius 2 is 1.81 bits per heavy atom. The summed E-state index contributed by atoms with van der Waals surface area (Å²) in [7, 11) is 1.56. The largest absolute Gasteiger partial charge is 0.496 e. The summed E-state index contributed by atoms with van der Waals surface area (Å²) in [6.07, 6.45) is 2.40. The van der Waals surface area contributed by atoms with Gasteiger partial charge < -0.3 is 9.64 Å². The van der Waals surface area contributed by atoms with Crippen LogP contribution in [0.15, 0.2) is 66.9 Å². The molecule has 0 aromatic heterocycles. The summed E-state index contributed by atoms with van der Waals surface area (Å²) < 4.78 is 5.46. The van der Waals surface area contributed by atoms with Crippen LogP contribution >= 0.6 is 0 Å². The highest BCUT2D eigenvalue weighted by Crippen LogP contribution is 2.40. The highest BCUT2D eigenvalue weighted by molar-refractivity contribution is 6.37. The number of hydrogen-bond donors (Lipinski definition) is 0. The molecule has 4 rings (SSSR count). The first-order valence-corrected chi connectivity index (χ1v) is 8.87. The van der Waals surface area contributed by atoms with Gasteiger partial charge in [0.05, 0.1) is 12.7 Å². The van der Waals surface area contributed by atoms with Crippen LogP contribution in [0.1, 0.15) is 11.1 Å². The van der Waals surface area contributed by atoms with Crippen LogP contribution in [0.2, 0.25) is 0 Å². The molecule has 0 fully saturated rings. The Morgan fingerprint density at radius 3 is 2.59 bits per heavy atom. The van der Waals surface area contributed by atoms with E-state index in [0.29, 0.717) is 29.1 Å². The smallest absolute Gasteiger partial charge is 0.278 e. The predicted octanol–water partition coefficient (Wildman–Crippen LogP) is 3.02. The highest BCUT2D eigenvalue weighted by Gasteiger charge is 2.43. The molecule has 5 nitrogen and oxygen atoms in total. The van der Waals surface area contributed by atoms with E-state index >= 15 is 0 Å². The van der Waals surface area contributed by atoms with Gasteiger partial charge >= 0.3 is 0 Å². The van der Waals surface area contributed by atoms with Crippen molar-refractivity contribution in [2.45, 2.75) is 6.42 Å². The van der Waals surface area contributed by atoms with E-state index in [2.05, 4.69) is 12.6 Å². The zero-order valence-corrected chi connectivity index (χ0v) is 15.1. The molecule has 2 heterocycles. The molecule has 136 valence electrons. The van der Waals surface area contributed by atoms with Crippen LogP contribution in [0.3, 0.4) is 0 Å². The van der Waals surface area contributed by atoms with Crippen molar-refractivity contribution in [1.82, 2.24) is 4.90 Å². The lowest BCUT2D eigenvalue weighted by Crippen LogP contribution is -2.34. The van der Waals surface area contributed by atoms with Gasteiger partial charge in [0.25, 0.3) is 11.8 Å². The molecule has 27 heavy (non-hydrogen) atoms. The van der Waals surface area contributed by atoms with Crippen molar-refractivity contribution in [3.05, 3.63) is 78.0 Å². The number of methoxy groups -OCH3 is 1. The Kier molecular flexibility index (Phi) is 4.28. The minimum absolute atomic E-state index is 0.176. The molecule has 0 atom stereocenters. The van der Waals surface area contributed by atoms with E-state index in [1.807, 2.05) is 41.3 Å². The number of carbonyl (C=O) groups is 2. The molecule has 0 aliphatic carbocycles. The van der Waals surface area contributed by atoms with Crippen molar-refractivity contribution < 1.29 is 14.3 Å². The van der Waals surface area contributed by atoms with Crippen molar-refractivity contribution in [2.24, 2.45) is 0 Å². The maximum atomic E-state index is 13.2. The lowest BCUT2D eigenvalue weighted by Gasteiger charge is -2.21. The maximum Gasteiger partial charge on any atom is 0.278 e. The lowest BCUT2D eigenvalue weighted by molar-refractivity contribution is -0.136. The third-order valence-electron chi connectivity index (χ3n) is 4.99. The summed E-state index contributed by atoms with van der Waals surface area (Å²) in [5.41, 5.74) is 3.57. The quantitative estimate of drug-likeness (QED) is 0.608. The average molecular weight is 360 g/mol. The van der Waals surface area contributed by atoms with E-state index in [4.69, 9.17) is 4.74 Å². The number of amides is 2. The molecule has 0 saturated heterocycles. The van der Waals surface area contributed by atoms with E-state index in [-0.39, 0.29) is 18.4 Å². The molecule has 5 heteroatoms. The Bertz CT molecular complexity index is 977. The highest BCUT2D eigenvalue weighted by atomic mass is 16.5. The number of fused-ring (bicyclic) bond motifs is 1. The molecular formula is C22H20N2O3.